The molecule has 1 unspecified atom stereocenters. The van der Waals surface area contributed by atoms with E-state index in [9.17, 15) is 4.79 Å². The van der Waals surface area contributed by atoms with Crippen LogP contribution in [0.25, 0.3) is 0 Å². The number of carbonyl (C=O) groups is 1. The number of esters is 1. The SMILES string of the molecule is CCOC(=O)C(=N)CC(Nc1ccccc1)c1ccccc1. The molecule has 2 rings (SSSR count). The number of nitrogens with one attached hydrogen (secondary N) is 2. The number of hydrogen-bond acceptors (Lipinski definition) is 4. The molecule has 0 fully saturated rings. The third-order valence-electron chi connectivity index (χ3n) is 3.25. The Morgan fingerprint density at radius 1 is 1.09 bits per heavy atom. The van der Waals surface area contributed by atoms with E-state index in [0.29, 0.717) is 0 Å². The summed E-state index contributed by atoms with van der Waals surface area (Å²) in [5.41, 5.74) is 1.95. The first-order chi connectivity index (χ1) is 10.7. The number of para-hydroxylation sites is 1. The molecular formula is C18H20N2O2. The highest BCUT2D eigenvalue weighted by Gasteiger charge is 2.19. The van der Waals surface area contributed by atoms with E-state index in [-0.39, 0.29) is 24.8 Å². The van der Waals surface area contributed by atoms with Gasteiger partial charge in [0.05, 0.1) is 12.6 Å². The lowest BCUT2D eigenvalue weighted by molar-refractivity contribution is -0.135. The minimum atomic E-state index is -0.557. The summed E-state index contributed by atoms with van der Waals surface area (Å²) < 4.78 is 4.90. The summed E-state index contributed by atoms with van der Waals surface area (Å²) in [4.78, 5) is 11.7. The van der Waals surface area contributed by atoms with Gasteiger partial charge in [-0.1, -0.05) is 48.5 Å². The molecule has 1 atom stereocenters. The summed E-state index contributed by atoms with van der Waals surface area (Å²) in [6.45, 7) is 2.02. The van der Waals surface area contributed by atoms with Crippen molar-refractivity contribution in [2.45, 2.75) is 19.4 Å². The molecule has 2 aromatic rings. The molecule has 4 heteroatoms. The first-order valence-corrected chi connectivity index (χ1v) is 7.31. The van der Waals surface area contributed by atoms with Crippen molar-refractivity contribution in [3.8, 4) is 0 Å². The van der Waals surface area contributed by atoms with Gasteiger partial charge < -0.3 is 10.1 Å². The van der Waals surface area contributed by atoms with Crippen molar-refractivity contribution >= 4 is 17.4 Å². The van der Waals surface area contributed by atoms with Crippen LogP contribution in [0.3, 0.4) is 0 Å². The fraction of sp³-hybridized carbons (Fsp3) is 0.222. The summed E-state index contributed by atoms with van der Waals surface area (Å²) in [7, 11) is 0. The summed E-state index contributed by atoms with van der Waals surface area (Å²) in [6, 6.07) is 19.4. The molecule has 0 amide bonds. The average Bonchev–Trinajstić information content (AvgIpc) is 2.56. The zero-order valence-corrected chi connectivity index (χ0v) is 12.6. The standard InChI is InChI=1S/C18H20N2O2/c1-2-22-18(21)16(19)13-17(14-9-5-3-6-10-14)20-15-11-7-4-8-12-15/h3-12,17,19-20H,2,13H2,1H3. The van der Waals surface area contributed by atoms with Crippen molar-refractivity contribution in [1.29, 1.82) is 5.41 Å². The van der Waals surface area contributed by atoms with E-state index in [1.807, 2.05) is 60.7 Å². The summed E-state index contributed by atoms with van der Waals surface area (Å²) in [6.07, 6.45) is 0.276. The Balaban J connectivity index is 2.15. The number of benzene rings is 2. The third-order valence-corrected chi connectivity index (χ3v) is 3.25. The van der Waals surface area contributed by atoms with Gasteiger partial charge in [-0.05, 0) is 24.6 Å². The zero-order chi connectivity index (χ0) is 15.8. The Hall–Kier alpha value is -2.62. The lowest BCUT2D eigenvalue weighted by Crippen LogP contribution is -2.22. The molecule has 0 aromatic heterocycles. The lowest BCUT2D eigenvalue weighted by atomic mass is 10.0. The van der Waals surface area contributed by atoms with Gasteiger partial charge in [0, 0.05) is 12.1 Å². The van der Waals surface area contributed by atoms with E-state index in [0.717, 1.165) is 11.3 Å². The number of rotatable bonds is 7. The van der Waals surface area contributed by atoms with Crippen molar-refractivity contribution in [2.75, 3.05) is 11.9 Å². The van der Waals surface area contributed by atoms with E-state index >= 15 is 0 Å². The zero-order valence-electron chi connectivity index (χ0n) is 12.6. The summed E-state index contributed by atoms with van der Waals surface area (Å²) in [5.74, 6) is -0.557. The molecule has 0 saturated heterocycles. The first kappa shape index (κ1) is 15.8. The van der Waals surface area contributed by atoms with E-state index in [4.69, 9.17) is 10.1 Å². The molecule has 4 nitrogen and oxygen atoms in total. The van der Waals surface area contributed by atoms with Crippen molar-refractivity contribution in [3.05, 3.63) is 66.2 Å². The Labute approximate surface area is 130 Å². The predicted molar refractivity (Wildman–Crippen MR) is 88.2 cm³/mol. The van der Waals surface area contributed by atoms with Crippen LogP contribution in [0.15, 0.2) is 60.7 Å². The van der Waals surface area contributed by atoms with E-state index in [2.05, 4.69) is 5.32 Å². The monoisotopic (exact) mass is 296 g/mol. The number of anilines is 1. The molecule has 0 heterocycles. The van der Waals surface area contributed by atoms with E-state index < -0.39 is 5.97 Å². The quantitative estimate of drug-likeness (QED) is 0.603. The molecule has 0 aliphatic carbocycles. The lowest BCUT2D eigenvalue weighted by Gasteiger charge is -2.20. The maximum Gasteiger partial charge on any atom is 0.352 e. The highest BCUT2D eigenvalue weighted by atomic mass is 16.5. The predicted octanol–water partition coefficient (Wildman–Crippen LogP) is 3.81. The van der Waals surface area contributed by atoms with Gasteiger partial charge in [0.1, 0.15) is 5.71 Å². The Bertz CT molecular complexity index is 611. The average molecular weight is 296 g/mol. The highest BCUT2D eigenvalue weighted by molar-refractivity contribution is 6.35. The van der Waals surface area contributed by atoms with Crippen molar-refractivity contribution in [2.24, 2.45) is 0 Å². The van der Waals surface area contributed by atoms with Gasteiger partial charge in [-0.25, -0.2) is 4.79 Å². The Kier molecular flexibility index (Phi) is 5.72. The molecule has 0 bridgehead atoms. The fourth-order valence-corrected chi connectivity index (χ4v) is 2.18. The molecule has 114 valence electrons. The van der Waals surface area contributed by atoms with Crippen molar-refractivity contribution < 1.29 is 9.53 Å². The molecule has 22 heavy (non-hydrogen) atoms. The van der Waals surface area contributed by atoms with Crippen LogP contribution in [0, 0.1) is 5.41 Å². The fourth-order valence-electron chi connectivity index (χ4n) is 2.18. The molecule has 0 saturated carbocycles. The largest absolute Gasteiger partial charge is 0.462 e. The molecule has 0 aliphatic heterocycles. The van der Waals surface area contributed by atoms with Crippen LogP contribution < -0.4 is 5.32 Å². The number of ether oxygens (including phenoxy) is 1. The second-order valence-electron chi connectivity index (χ2n) is 4.88. The summed E-state index contributed by atoms with van der Waals surface area (Å²) >= 11 is 0. The van der Waals surface area contributed by atoms with Crippen molar-refractivity contribution in [3.63, 3.8) is 0 Å². The van der Waals surface area contributed by atoms with Gasteiger partial charge >= 0.3 is 5.97 Å². The van der Waals surface area contributed by atoms with Gasteiger partial charge in [0.2, 0.25) is 0 Å². The molecular weight excluding hydrogens is 276 g/mol. The molecule has 0 radical (unpaired) electrons. The third kappa shape index (κ3) is 4.45. The van der Waals surface area contributed by atoms with Crippen molar-refractivity contribution in [1.82, 2.24) is 0 Å². The highest BCUT2D eigenvalue weighted by Crippen LogP contribution is 2.23. The van der Waals surface area contributed by atoms with Gasteiger partial charge in [-0.15, -0.1) is 0 Å². The maximum absolute atomic E-state index is 11.7. The minimum Gasteiger partial charge on any atom is -0.462 e. The van der Waals surface area contributed by atoms with Crippen LogP contribution >= 0.6 is 0 Å². The first-order valence-electron chi connectivity index (χ1n) is 7.31. The maximum atomic E-state index is 11.7. The van der Waals surface area contributed by atoms with Crippen LogP contribution in [0.4, 0.5) is 5.69 Å². The van der Waals surface area contributed by atoms with Crippen LogP contribution in [0.1, 0.15) is 24.9 Å². The topological polar surface area (TPSA) is 62.2 Å². The van der Waals surface area contributed by atoms with Crippen LogP contribution in [0.5, 0.6) is 0 Å². The molecule has 2 N–H and O–H groups in total. The number of hydrogen-bond donors (Lipinski definition) is 2. The van der Waals surface area contributed by atoms with Gasteiger partial charge in [0.25, 0.3) is 0 Å². The Morgan fingerprint density at radius 3 is 2.27 bits per heavy atom. The van der Waals surface area contributed by atoms with E-state index in [1.54, 1.807) is 6.92 Å². The number of carbonyl (C=O) groups excluding carboxylic acids is 1. The van der Waals surface area contributed by atoms with Crippen LogP contribution in [-0.2, 0) is 9.53 Å². The normalized spacial score (nSPS) is 11.5. The molecule has 2 aromatic carbocycles. The van der Waals surface area contributed by atoms with Gasteiger partial charge in [-0.2, -0.15) is 0 Å². The smallest absolute Gasteiger partial charge is 0.352 e. The van der Waals surface area contributed by atoms with Gasteiger partial charge in [0.15, 0.2) is 0 Å². The minimum absolute atomic E-state index is 0.0286. The molecule has 0 aliphatic rings. The van der Waals surface area contributed by atoms with Gasteiger partial charge in [-0.3, -0.25) is 5.41 Å². The van der Waals surface area contributed by atoms with Crippen LogP contribution in [-0.4, -0.2) is 18.3 Å². The van der Waals surface area contributed by atoms with E-state index in [1.165, 1.54) is 0 Å². The second-order valence-corrected chi connectivity index (χ2v) is 4.88. The molecule has 0 spiro atoms. The second kappa shape index (κ2) is 7.98. The Morgan fingerprint density at radius 2 is 1.68 bits per heavy atom. The van der Waals surface area contributed by atoms with Crippen LogP contribution in [0.2, 0.25) is 0 Å². The summed E-state index contributed by atoms with van der Waals surface area (Å²) in [5, 5.41) is 11.3.